The molecule has 0 aromatic heterocycles. The monoisotopic (exact) mass is 373 g/mol. The largest absolute Gasteiger partial charge is 0.311 e. The van der Waals surface area contributed by atoms with Crippen LogP contribution in [0.25, 0.3) is 23.3 Å². The second kappa shape index (κ2) is 8.45. The third kappa shape index (κ3) is 4.04. The molecule has 0 saturated carbocycles. The molecular weight excluding hydrogens is 350 g/mol. The summed E-state index contributed by atoms with van der Waals surface area (Å²) in [5.74, 6) is 0. The predicted molar refractivity (Wildman–Crippen MR) is 127 cm³/mol. The summed E-state index contributed by atoms with van der Waals surface area (Å²) in [6, 6.07) is 36.0. The molecule has 4 rings (SSSR count). The highest BCUT2D eigenvalue weighted by Crippen LogP contribution is 2.35. The number of benzene rings is 4. The first kappa shape index (κ1) is 18.5. The third-order valence-electron chi connectivity index (χ3n) is 5.01. The van der Waals surface area contributed by atoms with E-state index in [0.717, 1.165) is 28.2 Å². The van der Waals surface area contributed by atoms with Gasteiger partial charge in [0.25, 0.3) is 0 Å². The van der Waals surface area contributed by atoms with Crippen molar-refractivity contribution in [2.75, 3.05) is 4.90 Å². The molecule has 0 amide bonds. The summed E-state index contributed by atoms with van der Waals surface area (Å²) >= 11 is 0. The molecule has 0 unspecified atom stereocenters. The Hall–Kier alpha value is -3.84. The van der Waals surface area contributed by atoms with Gasteiger partial charge in [-0.05, 0) is 58.7 Å². The predicted octanol–water partition coefficient (Wildman–Crippen LogP) is 8.11. The minimum atomic E-state index is 1.11. The Bertz CT molecular complexity index is 1090. The molecule has 0 N–H and O–H groups in total. The Morgan fingerprint density at radius 2 is 0.828 bits per heavy atom. The summed E-state index contributed by atoms with van der Waals surface area (Å²) in [6.45, 7) is 7.67. The van der Waals surface area contributed by atoms with Crippen molar-refractivity contribution in [2.24, 2.45) is 0 Å². The van der Waals surface area contributed by atoms with Crippen LogP contribution in [0, 0.1) is 0 Å². The standard InChI is InChI=1S/C28H23N/c1-3-22-10-14-24(15-11-22)25-16-20-28(21-17-25)29(26-8-6-5-7-9-26)27-18-12-23(4-2)13-19-27/h3-21H,1-2H2. The fourth-order valence-corrected chi connectivity index (χ4v) is 3.40. The van der Waals surface area contributed by atoms with Gasteiger partial charge in [0.1, 0.15) is 0 Å². The van der Waals surface area contributed by atoms with Crippen molar-refractivity contribution in [1.82, 2.24) is 0 Å². The van der Waals surface area contributed by atoms with Crippen LogP contribution in [0.2, 0.25) is 0 Å². The molecule has 0 bridgehead atoms. The molecule has 0 atom stereocenters. The molecule has 0 radical (unpaired) electrons. The Labute approximate surface area is 172 Å². The zero-order valence-corrected chi connectivity index (χ0v) is 16.3. The fourth-order valence-electron chi connectivity index (χ4n) is 3.40. The van der Waals surface area contributed by atoms with E-state index in [0.29, 0.717) is 0 Å². The van der Waals surface area contributed by atoms with Gasteiger partial charge in [0.15, 0.2) is 0 Å². The molecule has 29 heavy (non-hydrogen) atoms. The fraction of sp³-hybridized carbons (Fsp3) is 0. The lowest BCUT2D eigenvalue weighted by atomic mass is 10.0. The van der Waals surface area contributed by atoms with Crippen molar-refractivity contribution >= 4 is 29.2 Å². The van der Waals surface area contributed by atoms with Gasteiger partial charge in [0.05, 0.1) is 0 Å². The van der Waals surface area contributed by atoms with Crippen LogP contribution < -0.4 is 4.90 Å². The van der Waals surface area contributed by atoms with E-state index in [-0.39, 0.29) is 0 Å². The molecule has 0 aliphatic heterocycles. The van der Waals surface area contributed by atoms with Gasteiger partial charge < -0.3 is 4.90 Å². The summed E-state index contributed by atoms with van der Waals surface area (Å²) in [5.41, 5.74) is 7.99. The second-order valence-corrected chi connectivity index (χ2v) is 6.84. The molecule has 0 saturated heterocycles. The highest BCUT2D eigenvalue weighted by molar-refractivity contribution is 5.78. The van der Waals surface area contributed by atoms with E-state index in [9.17, 15) is 0 Å². The molecule has 4 aromatic rings. The van der Waals surface area contributed by atoms with Crippen molar-refractivity contribution in [3.05, 3.63) is 127 Å². The van der Waals surface area contributed by atoms with E-state index < -0.39 is 0 Å². The maximum absolute atomic E-state index is 3.85. The molecule has 0 spiro atoms. The van der Waals surface area contributed by atoms with Gasteiger partial charge in [0.2, 0.25) is 0 Å². The minimum absolute atomic E-state index is 1.11. The zero-order chi connectivity index (χ0) is 20.1. The molecule has 0 aliphatic carbocycles. The number of anilines is 3. The van der Waals surface area contributed by atoms with Gasteiger partial charge >= 0.3 is 0 Å². The van der Waals surface area contributed by atoms with Crippen molar-refractivity contribution in [3.8, 4) is 11.1 Å². The first-order chi connectivity index (χ1) is 14.3. The second-order valence-electron chi connectivity index (χ2n) is 6.84. The van der Waals surface area contributed by atoms with Crippen LogP contribution in [0.15, 0.2) is 116 Å². The van der Waals surface area contributed by atoms with Gasteiger partial charge in [-0.25, -0.2) is 0 Å². The first-order valence-electron chi connectivity index (χ1n) is 9.69. The normalized spacial score (nSPS) is 10.3. The van der Waals surface area contributed by atoms with Crippen LogP contribution in [0.5, 0.6) is 0 Å². The Morgan fingerprint density at radius 1 is 0.448 bits per heavy atom. The van der Waals surface area contributed by atoms with Crippen LogP contribution in [0.1, 0.15) is 11.1 Å². The lowest BCUT2D eigenvalue weighted by molar-refractivity contribution is 1.28. The number of hydrogen-bond donors (Lipinski definition) is 0. The van der Waals surface area contributed by atoms with Crippen LogP contribution >= 0.6 is 0 Å². The summed E-state index contributed by atoms with van der Waals surface area (Å²) in [4.78, 5) is 2.26. The molecular formula is C28H23N. The lowest BCUT2D eigenvalue weighted by Crippen LogP contribution is -2.09. The maximum atomic E-state index is 3.85. The van der Waals surface area contributed by atoms with Gasteiger partial charge in [0, 0.05) is 17.1 Å². The van der Waals surface area contributed by atoms with Crippen LogP contribution in [-0.2, 0) is 0 Å². The van der Waals surface area contributed by atoms with Crippen molar-refractivity contribution in [2.45, 2.75) is 0 Å². The number of para-hydroxylation sites is 1. The van der Waals surface area contributed by atoms with E-state index in [1.54, 1.807) is 0 Å². The van der Waals surface area contributed by atoms with Crippen molar-refractivity contribution < 1.29 is 0 Å². The van der Waals surface area contributed by atoms with Crippen LogP contribution in [0.4, 0.5) is 17.1 Å². The number of rotatable bonds is 6. The van der Waals surface area contributed by atoms with Gasteiger partial charge in [-0.3, -0.25) is 0 Å². The summed E-state index contributed by atoms with van der Waals surface area (Å²) in [5, 5.41) is 0. The van der Waals surface area contributed by atoms with E-state index in [1.807, 2.05) is 18.2 Å². The smallest absolute Gasteiger partial charge is 0.0462 e. The van der Waals surface area contributed by atoms with Gasteiger partial charge in [-0.2, -0.15) is 0 Å². The number of nitrogens with zero attached hydrogens (tertiary/aromatic N) is 1. The van der Waals surface area contributed by atoms with E-state index in [4.69, 9.17) is 0 Å². The Balaban J connectivity index is 1.72. The summed E-state index contributed by atoms with van der Waals surface area (Å²) < 4.78 is 0. The first-order valence-corrected chi connectivity index (χ1v) is 9.69. The van der Waals surface area contributed by atoms with Crippen LogP contribution in [-0.4, -0.2) is 0 Å². The molecule has 0 fully saturated rings. The average Bonchev–Trinajstić information content (AvgIpc) is 2.81. The van der Waals surface area contributed by atoms with E-state index >= 15 is 0 Å². The topological polar surface area (TPSA) is 3.24 Å². The minimum Gasteiger partial charge on any atom is -0.311 e. The highest BCUT2D eigenvalue weighted by Gasteiger charge is 2.12. The average molecular weight is 373 g/mol. The molecule has 1 heteroatoms. The van der Waals surface area contributed by atoms with Crippen molar-refractivity contribution in [1.29, 1.82) is 0 Å². The van der Waals surface area contributed by atoms with Gasteiger partial charge in [-0.15, -0.1) is 0 Å². The summed E-state index contributed by atoms with van der Waals surface area (Å²) in [7, 11) is 0. The Morgan fingerprint density at radius 3 is 1.31 bits per heavy atom. The Kier molecular flexibility index (Phi) is 5.40. The van der Waals surface area contributed by atoms with E-state index in [1.165, 1.54) is 11.1 Å². The number of hydrogen-bond acceptors (Lipinski definition) is 1. The molecule has 1 nitrogen and oxygen atoms in total. The quantitative estimate of drug-likeness (QED) is 0.330. The summed E-state index contributed by atoms with van der Waals surface area (Å²) in [6.07, 6.45) is 3.73. The SMILES string of the molecule is C=Cc1ccc(-c2ccc(N(c3ccccc3)c3ccc(C=C)cc3)cc2)cc1. The lowest BCUT2D eigenvalue weighted by Gasteiger charge is -2.25. The maximum Gasteiger partial charge on any atom is 0.0462 e. The van der Waals surface area contributed by atoms with Crippen LogP contribution in [0.3, 0.4) is 0 Å². The van der Waals surface area contributed by atoms with E-state index in [2.05, 4.69) is 115 Å². The molecule has 140 valence electrons. The van der Waals surface area contributed by atoms with Crippen molar-refractivity contribution in [3.63, 3.8) is 0 Å². The van der Waals surface area contributed by atoms with Gasteiger partial charge in [-0.1, -0.05) is 92.0 Å². The molecule has 4 aromatic carbocycles. The molecule has 0 heterocycles. The zero-order valence-electron chi connectivity index (χ0n) is 16.3. The third-order valence-corrected chi connectivity index (χ3v) is 5.01. The molecule has 0 aliphatic rings. The highest BCUT2D eigenvalue weighted by atomic mass is 15.1.